The zero-order chi connectivity index (χ0) is 18.4. The Morgan fingerprint density at radius 2 is 1.68 bits per heavy atom. The molecule has 0 aliphatic rings. The van der Waals surface area contributed by atoms with E-state index in [1.165, 1.54) is 18.2 Å². The molecule has 2 rings (SSSR count). The molecule has 0 atom stereocenters. The number of amides is 2. The SMILES string of the molecule is Cc1ccc(C(=O)CCC(=O)NNC(=O)c2cc(Cl)ccc2O)cc1. The molecule has 0 unspecified atom stereocenters. The third-order valence-electron chi connectivity index (χ3n) is 3.47. The van der Waals surface area contributed by atoms with E-state index in [0.29, 0.717) is 5.56 Å². The molecule has 25 heavy (non-hydrogen) atoms. The Kier molecular flexibility index (Phi) is 6.14. The summed E-state index contributed by atoms with van der Waals surface area (Å²) in [6.45, 7) is 1.92. The van der Waals surface area contributed by atoms with Crippen molar-refractivity contribution in [2.75, 3.05) is 0 Å². The highest BCUT2D eigenvalue weighted by Crippen LogP contribution is 2.21. The summed E-state index contributed by atoms with van der Waals surface area (Å²) in [5.74, 6) is -1.65. The van der Waals surface area contributed by atoms with Gasteiger partial charge >= 0.3 is 0 Å². The number of carbonyl (C=O) groups excluding carboxylic acids is 3. The van der Waals surface area contributed by atoms with Crippen LogP contribution in [0.5, 0.6) is 5.75 Å². The fourth-order valence-electron chi connectivity index (χ4n) is 2.06. The molecule has 2 amide bonds. The molecule has 0 fully saturated rings. The molecular weight excluding hydrogens is 344 g/mol. The number of carbonyl (C=O) groups is 3. The van der Waals surface area contributed by atoms with Gasteiger partial charge in [0.25, 0.3) is 5.91 Å². The Morgan fingerprint density at radius 3 is 2.36 bits per heavy atom. The number of Topliss-reactive ketones (excluding diaryl/α,β-unsaturated/α-hetero) is 1. The first-order chi connectivity index (χ1) is 11.9. The number of nitrogens with one attached hydrogen (secondary N) is 2. The summed E-state index contributed by atoms with van der Waals surface area (Å²) < 4.78 is 0. The Morgan fingerprint density at radius 1 is 1.00 bits per heavy atom. The van der Waals surface area contributed by atoms with Gasteiger partial charge in [-0.1, -0.05) is 41.4 Å². The fraction of sp³-hybridized carbons (Fsp3) is 0.167. The zero-order valence-corrected chi connectivity index (χ0v) is 14.3. The number of aromatic hydroxyl groups is 1. The Balaban J connectivity index is 1.82. The highest BCUT2D eigenvalue weighted by atomic mass is 35.5. The molecule has 6 nitrogen and oxygen atoms in total. The van der Waals surface area contributed by atoms with E-state index in [4.69, 9.17) is 11.6 Å². The topological polar surface area (TPSA) is 95.5 Å². The highest BCUT2D eigenvalue weighted by Gasteiger charge is 2.13. The van der Waals surface area contributed by atoms with E-state index in [-0.39, 0.29) is 35.0 Å². The first-order valence-electron chi connectivity index (χ1n) is 7.54. The quantitative estimate of drug-likeness (QED) is 0.564. The van der Waals surface area contributed by atoms with Crippen LogP contribution in [0.15, 0.2) is 42.5 Å². The number of hydrogen-bond donors (Lipinski definition) is 3. The molecule has 0 heterocycles. The van der Waals surface area contributed by atoms with Gasteiger partial charge in [-0.05, 0) is 25.1 Å². The smallest absolute Gasteiger partial charge is 0.273 e. The van der Waals surface area contributed by atoms with Crippen molar-refractivity contribution < 1.29 is 19.5 Å². The maximum Gasteiger partial charge on any atom is 0.273 e. The lowest BCUT2D eigenvalue weighted by Gasteiger charge is -2.08. The van der Waals surface area contributed by atoms with Crippen molar-refractivity contribution >= 4 is 29.2 Å². The normalized spacial score (nSPS) is 10.2. The molecule has 0 aliphatic carbocycles. The molecule has 0 aromatic heterocycles. The first kappa shape index (κ1) is 18.5. The second-order valence-corrected chi connectivity index (χ2v) is 5.89. The van der Waals surface area contributed by atoms with Gasteiger partial charge in [-0.25, -0.2) is 0 Å². The fourth-order valence-corrected chi connectivity index (χ4v) is 2.23. The van der Waals surface area contributed by atoms with Crippen LogP contribution >= 0.6 is 11.6 Å². The van der Waals surface area contributed by atoms with Gasteiger partial charge in [-0.15, -0.1) is 0 Å². The third kappa shape index (κ3) is 5.32. The minimum atomic E-state index is -0.710. The molecule has 130 valence electrons. The number of phenolic OH excluding ortho intramolecular Hbond substituents is 1. The van der Waals surface area contributed by atoms with Crippen molar-refractivity contribution in [3.05, 3.63) is 64.2 Å². The minimum absolute atomic E-state index is 0.0210. The number of halogens is 1. The lowest BCUT2D eigenvalue weighted by Crippen LogP contribution is -2.41. The third-order valence-corrected chi connectivity index (χ3v) is 3.71. The zero-order valence-electron chi connectivity index (χ0n) is 13.5. The summed E-state index contributed by atoms with van der Waals surface area (Å²) >= 11 is 5.76. The maximum atomic E-state index is 12.0. The summed E-state index contributed by atoms with van der Waals surface area (Å²) in [6, 6.07) is 11.1. The van der Waals surface area contributed by atoms with Gasteiger partial charge in [0, 0.05) is 23.4 Å². The van der Waals surface area contributed by atoms with Crippen LogP contribution in [0.25, 0.3) is 0 Å². The summed E-state index contributed by atoms with van der Waals surface area (Å²) in [6.07, 6.45) is -0.0539. The summed E-state index contributed by atoms with van der Waals surface area (Å²) in [7, 11) is 0. The molecule has 0 radical (unpaired) electrons. The average Bonchev–Trinajstić information content (AvgIpc) is 2.60. The van der Waals surface area contributed by atoms with Gasteiger partial charge < -0.3 is 5.11 Å². The minimum Gasteiger partial charge on any atom is -0.507 e. The van der Waals surface area contributed by atoms with Crippen LogP contribution in [0.3, 0.4) is 0 Å². The summed E-state index contributed by atoms with van der Waals surface area (Å²) in [5.41, 5.74) is 5.88. The van der Waals surface area contributed by atoms with Gasteiger partial charge in [0.1, 0.15) is 5.75 Å². The molecule has 2 aromatic rings. The Bertz CT molecular complexity index is 803. The first-order valence-corrected chi connectivity index (χ1v) is 7.92. The van der Waals surface area contributed by atoms with Gasteiger partial charge in [0.2, 0.25) is 5.91 Å². The number of phenols is 1. The predicted molar refractivity (Wildman–Crippen MR) is 93.5 cm³/mol. The number of benzene rings is 2. The molecule has 0 spiro atoms. The van der Waals surface area contributed by atoms with E-state index in [0.717, 1.165) is 5.56 Å². The van der Waals surface area contributed by atoms with Gasteiger partial charge in [-0.3, -0.25) is 25.2 Å². The Hall–Kier alpha value is -2.86. The van der Waals surface area contributed by atoms with Crippen molar-refractivity contribution in [3.8, 4) is 5.75 Å². The molecule has 0 bridgehead atoms. The van der Waals surface area contributed by atoms with Gasteiger partial charge in [0.15, 0.2) is 5.78 Å². The molecule has 0 aliphatic heterocycles. The van der Waals surface area contributed by atoms with Crippen molar-refractivity contribution in [2.24, 2.45) is 0 Å². The van der Waals surface area contributed by atoms with Crippen LogP contribution in [-0.2, 0) is 4.79 Å². The lowest BCUT2D eigenvalue weighted by atomic mass is 10.1. The van der Waals surface area contributed by atoms with Gasteiger partial charge in [-0.2, -0.15) is 0 Å². The number of hydrogen-bond acceptors (Lipinski definition) is 4. The van der Waals surface area contributed by atoms with E-state index >= 15 is 0 Å². The van der Waals surface area contributed by atoms with Crippen molar-refractivity contribution in [1.82, 2.24) is 10.9 Å². The van der Waals surface area contributed by atoms with E-state index < -0.39 is 11.8 Å². The largest absolute Gasteiger partial charge is 0.507 e. The molecule has 2 aromatic carbocycles. The predicted octanol–water partition coefficient (Wildman–Crippen LogP) is 2.78. The summed E-state index contributed by atoms with van der Waals surface area (Å²) in [5, 5.41) is 9.89. The highest BCUT2D eigenvalue weighted by molar-refractivity contribution is 6.31. The molecule has 3 N–H and O–H groups in total. The molecule has 0 saturated heterocycles. The van der Waals surface area contributed by atoms with E-state index in [1.54, 1.807) is 12.1 Å². The van der Waals surface area contributed by atoms with E-state index in [9.17, 15) is 19.5 Å². The lowest BCUT2D eigenvalue weighted by molar-refractivity contribution is -0.121. The van der Waals surface area contributed by atoms with Crippen LogP contribution < -0.4 is 10.9 Å². The maximum absolute atomic E-state index is 12.0. The molecular formula is C18H17ClN2O4. The molecule has 0 saturated carbocycles. The van der Waals surface area contributed by atoms with Crippen molar-refractivity contribution in [1.29, 1.82) is 0 Å². The number of rotatable bonds is 5. The number of aryl methyl sites for hydroxylation is 1. The van der Waals surface area contributed by atoms with Crippen LogP contribution in [-0.4, -0.2) is 22.7 Å². The van der Waals surface area contributed by atoms with Crippen LogP contribution in [0, 0.1) is 6.92 Å². The van der Waals surface area contributed by atoms with E-state index in [2.05, 4.69) is 10.9 Å². The average molecular weight is 361 g/mol. The standard InChI is InChI=1S/C18H17ClN2O4/c1-11-2-4-12(5-3-11)15(22)8-9-17(24)20-21-18(25)14-10-13(19)6-7-16(14)23/h2-7,10,23H,8-9H2,1H3,(H,20,24)(H,21,25). The van der Waals surface area contributed by atoms with Crippen molar-refractivity contribution in [2.45, 2.75) is 19.8 Å². The van der Waals surface area contributed by atoms with Crippen LogP contribution in [0.1, 0.15) is 39.1 Å². The van der Waals surface area contributed by atoms with Crippen LogP contribution in [0.2, 0.25) is 5.02 Å². The number of ketones is 1. The number of hydrazine groups is 1. The Labute approximate surface area is 149 Å². The van der Waals surface area contributed by atoms with E-state index in [1.807, 2.05) is 19.1 Å². The second kappa shape index (κ2) is 8.30. The monoisotopic (exact) mass is 360 g/mol. The second-order valence-electron chi connectivity index (χ2n) is 5.45. The molecule has 7 heteroatoms. The van der Waals surface area contributed by atoms with Crippen molar-refractivity contribution in [3.63, 3.8) is 0 Å². The van der Waals surface area contributed by atoms with Gasteiger partial charge in [0.05, 0.1) is 5.56 Å². The van der Waals surface area contributed by atoms with Crippen LogP contribution in [0.4, 0.5) is 0 Å². The summed E-state index contributed by atoms with van der Waals surface area (Å²) in [4.78, 5) is 35.6.